The van der Waals surface area contributed by atoms with Crippen LogP contribution in [0.2, 0.25) is 43.3 Å². The van der Waals surface area contributed by atoms with Gasteiger partial charge < -0.3 is 26.1 Å². The number of hydrogen-bond donors (Lipinski definition) is 2. The van der Waals surface area contributed by atoms with E-state index in [1.807, 2.05) is 30.3 Å². The SMILES string of the molecule is CC(=O)O.CC(=O)O.CN(C)c1cccc(N(C)C)c1-c1ccccc1P(C1CCCCC1)C1CCCCC1.C[Si]1(C)[CH-]CCC1.Cc1cc(C)cc(-c2ccc3c(C4CCC[Si]4(C)C)cccc3n2)c1.Cc1cc(C)cc(-c2ccc3c(Cl)cccc3n2)c1.[Pd].[Zn+][I]. The van der Waals surface area contributed by atoms with Gasteiger partial charge in [-0.1, -0.05) is 206 Å². The van der Waals surface area contributed by atoms with Gasteiger partial charge in [0, 0.05) is 106 Å². The number of carboxylic acids is 2. The van der Waals surface area contributed by atoms with Crippen molar-refractivity contribution in [3.05, 3.63) is 178 Å². The molecule has 1 unspecified atom stereocenters. The van der Waals surface area contributed by atoms with E-state index in [-0.39, 0.29) is 28.3 Å². The number of nitrogens with zero attached hydrogens (tertiary/aromatic N) is 4. The van der Waals surface area contributed by atoms with Gasteiger partial charge in [0.15, 0.2) is 0 Å². The first-order chi connectivity index (χ1) is 43.8. The molecule has 0 bridgehead atoms. The molecule has 93 heavy (non-hydrogen) atoms. The summed E-state index contributed by atoms with van der Waals surface area (Å²) in [4.78, 5) is 32.3. The summed E-state index contributed by atoms with van der Waals surface area (Å²) >= 11 is 9.79. The summed E-state index contributed by atoms with van der Waals surface area (Å²) in [5, 5.41) is 19.6. The zero-order valence-electron chi connectivity index (χ0n) is 58.1. The number of anilines is 2. The van der Waals surface area contributed by atoms with E-state index in [4.69, 9.17) is 41.4 Å². The van der Waals surface area contributed by atoms with Crippen molar-refractivity contribution in [2.75, 3.05) is 38.0 Å². The van der Waals surface area contributed by atoms with Crippen molar-refractivity contribution in [3.63, 3.8) is 0 Å². The van der Waals surface area contributed by atoms with Crippen LogP contribution in [0, 0.1) is 33.7 Å². The van der Waals surface area contributed by atoms with Gasteiger partial charge in [-0.2, -0.15) is 6.42 Å². The molecular weight excluding hydrogens is 1480 g/mol. The summed E-state index contributed by atoms with van der Waals surface area (Å²) in [5.74, 6) is -1.67. The van der Waals surface area contributed by atoms with Gasteiger partial charge in [-0.15, -0.1) is 0 Å². The zero-order valence-corrected chi connectivity index (χ0v) is 68.5. The van der Waals surface area contributed by atoms with Crippen molar-refractivity contribution in [2.45, 2.75) is 187 Å². The van der Waals surface area contributed by atoms with Gasteiger partial charge >= 0.3 is 34.5 Å². The summed E-state index contributed by atoms with van der Waals surface area (Å²) < 4.78 is 0. The summed E-state index contributed by atoms with van der Waals surface area (Å²) in [6, 6.07) is 56.2. The minimum absolute atomic E-state index is 0. The van der Waals surface area contributed by atoms with Crippen LogP contribution in [0.15, 0.2) is 140 Å². The Hall–Kier alpha value is -4.15. The number of aryl methyl sites for hydroxylation is 4. The van der Waals surface area contributed by atoms with Crippen LogP contribution >= 0.6 is 39.3 Å². The number of hydrogen-bond acceptors (Lipinski definition) is 6. The van der Waals surface area contributed by atoms with Crippen LogP contribution in [0.25, 0.3) is 55.4 Å². The normalized spacial score (nSPS) is 16.3. The molecule has 2 aromatic heterocycles. The molecule has 2 saturated carbocycles. The van der Waals surface area contributed by atoms with E-state index in [1.54, 1.807) is 10.9 Å². The fourth-order valence-electron chi connectivity index (χ4n) is 14.1. The van der Waals surface area contributed by atoms with Gasteiger partial charge in [0.25, 0.3) is 11.9 Å². The summed E-state index contributed by atoms with van der Waals surface area (Å²) in [7, 11) is 6.80. The Bertz CT molecular complexity index is 3580. The van der Waals surface area contributed by atoms with E-state index in [2.05, 4.69) is 227 Å². The van der Waals surface area contributed by atoms with Crippen LogP contribution < -0.4 is 15.1 Å². The van der Waals surface area contributed by atoms with Crippen LogP contribution in [0.4, 0.5) is 11.4 Å². The van der Waals surface area contributed by atoms with Crippen LogP contribution in [-0.2, 0) is 44.8 Å². The second kappa shape index (κ2) is 38.7. The molecule has 1 atom stereocenters. The Kier molecular flexibility index (Phi) is 33.1. The number of carbonyl (C=O) groups is 2. The molecule has 12 rings (SSSR count). The molecule has 15 heteroatoms. The molecule has 6 aromatic carbocycles. The van der Waals surface area contributed by atoms with E-state index < -0.39 is 28.1 Å². The fourth-order valence-corrected chi connectivity index (χ4v) is 24.1. The van der Waals surface area contributed by atoms with E-state index in [0.29, 0.717) is 0 Å². The molecule has 2 N–H and O–H groups in total. The molecule has 0 amide bonds. The number of halogens is 2. The molecule has 8 nitrogen and oxygen atoms in total. The molecule has 2 saturated heterocycles. The van der Waals surface area contributed by atoms with Gasteiger partial charge in [0.1, 0.15) is 0 Å². The number of aromatic nitrogens is 2. The molecule has 4 fully saturated rings. The summed E-state index contributed by atoms with van der Waals surface area (Å²) in [5.41, 5.74) is 21.4. The van der Waals surface area contributed by atoms with Gasteiger partial charge in [0.05, 0.1) is 30.5 Å². The predicted molar refractivity (Wildman–Crippen MR) is 410 cm³/mol. The first-order valence-electron chi connectivity index (χ1n) is 33.3. The van der Waals surface area contributed by atoms with Crippen molar-refractivity contribution in [1.82, 2.24) is 9.97 Å². The first-order valence-corrected chi connectivity index (χ1v) is 50.8. The molecule has 4 heterocycles. The van der Waals surface area contributed by atoms with Crippen LogP contribution in [-0.4, -0.2) is 87.8 Å². The Morgan fingerprint density at radius 3 is 1.42 bits per heavy atom. The third kappa shape index (κ3) is 23.8. The fraction of sp³-hybridized carbons (Fsp3) is 0.423. The first kappa shape index (κ1) is 79.5. The average Bonchev–Trinajstić information content (AvgIpc) is 1.56. The quantitative estimate of drug-likeness (QED) is 0.0637. The third-order valence-electron chi connectivity index (χ3n) is 18.2. The number of rotatable bonds is 9. The number of carboxylic acid groups (broad SMARTS) is 2. The Balaban J connectivity index is 0.000000227. The van der Waals surface area contributed by atoms with Gasteiger partial charge in [-0.3, -0.25) is 9.59 Å². The maximum atomic E-state index is 9.00. The van der Waals surface area contributed by atoms with E-state index >= 15 is 0 Å². The number of benzene rings is 6. The molecule has 0 spiro atoms. The molecule has 8 aromatic rings. The van der Waals surface area contributed by atoms with E-state index in [1.165, 1.54) is 172 Å². The molecule has 4 aliphatic rings. The number of pyridine rings is 2. The summed E-state index contributed by atoms with van der Waals surface area (Å²) in [6.07, 6.45) is 20.1. The number of fused-ring (bicyclic) bond motifs is 2. The second-order valence-electron chi connectivity index (χ2n) is 27.4. The van der Waals surface area contributed by atoms with Crippen molar-refractivity contribution < 1.29 is 55.0 Å². The molecular formula is C78H103ClIN4O4PPdSi2Zn. The third-order valence-corrected chi connectivity index (χ3v) is 29.3. The van der Waals surface area contributed by atoms with Crippen LogP contribution in [0.3, 0.4) is 0 Å². The molecule has 0 radical (unpaired) electrons. The van der Waals surface area contributed by atoms with E-state index in [0.717, 1.165) is 69.1 Å². The Labute approximate surface area is 602 Å². The van der Waals surface area contributed by atoms with Crippen LogP contribution in [0.1, 0.15) is 137 Å². The van der Waals surface area contributed by atoms with Crippen molar-refractivity contribution in [1.29, 1.82) is 0 Å². The van der Waals surface area contributed by atoms with Gasteiger partial charge in [-0.25, -0.2) is 9.97 Å². The van der Waals surface area contributed by atoms with Gasteiger partial charge in [-0.05, 0) is 166 Å². The topological polar surface area (TPSA) is 107 Å². The monoisotopic (exact) mass is 1580 g/mol. The molecule has 498 valence electrons. The average molecular weight is 1580 g/mol. The van der Waals surface area contributed by atoms with Gasteiger partial charge in [0.2, 0.25) is 0 Å². The Morgan fingerprint density at radius 2 is 1.00 bits per heavy atom. The zero-order chi connectivity index (χ0) is 67.3. The predicted octanol–water partition coefficient (Wildman–Crippen LogP) is 22.4. The molecule has 2 aliphatic carbocycles. The summed E-state index contributed by atoms with van der Waals surface area (Å²) in [6.45, 7) is 20.7. The van der Waals surface area contributed by atoms with Crippen molar-refractivity contribution >= 4 is 106 Å². The van der Waals surface area contributed by atoms with Crippen molar-refractivity contribution in [3.8, 4) is 33.6 Å². The second-order valence-corrected chi connectivity index (χ2v) is 40.6. The molecule has 2 aliphatic heterocycles. The minimum atomic E-state index is -1.15. The number of aliphatic carboxylic acids is 2. The van der Waals surface area contributed by atoms with Crippen LogP contribution in [0.5, 0.6) is 0 Å². The van der Waals surface area contributed by atoms with E-state index in [9.17, 15) is 0 Å². The maximum absolute atomic E-state index is 9.00. The Morgan fingerprint density at radius 1 is 0.559 bits per heavy atom. The van der Waals surface area contributed by atoms with Crippen molar-refractivity contribution in [2.24, 2.45) is 0 Å². The standard InChI is InChI=1S/C28H41N2P.C23H27NSi.C17H14ClN.C6H13Si.2C2H4O2.HI.Pd.Zn/c1-29(2)25-19-13-20-26(30(3)4)28(25)24-18-11-12-21-27(24)31(22-14-7-5-8-15-22)23-16-9-6-10-17-23;1-16-13-17(2)15-18(14-16)21-11-10-19-20(7-5-8-22(19)24-21)23-9-6-12-25(23,3)4;1-11-8-12(2)10-13(9-11)16-7-6-14-15(18)4-3-5-17(14)19-16;1-7(2)5-3-4-6-7;2*1-2(3)4;;;/h11-13,18-23H,5-10,14-17H2,1-4H3;5,7-8,10-11,13-15,23H,6,9,12H2,1-4H3;3-10H,1-2H3;5H,3-4,6H2,1-2H3;2*1H3,(H,3,4);1H;;/q;;;-1;;;;;+2/p-1.